The molecule has 0 aromatic rings. The molecule has 0 bridgehead atoms. The van der Waals surface area contributed by atoms with Gasteiger partial charge < -0.3 is 28.4 Å². The molecule has 0 N–H and O–H groups in total. The molecule has 10 heteroatoms. The van der Waals surface area contributed by atoms with Crippen molar-refractivity contribution in [3.05, 3.63) is 0 Å². The van der Waals surface area contributed by atoms with Gasteiger partial charge in [-0.15, -0.1) is 0 Å². The Morgan fingerprint density at radius 2 is 1.21 bits per heavy atom. The highest BCUT2D eigenvalue weighted by Gasteiger charge is 2.54. The minimum atomic E-state index is -1.43. The molecule has 5 unspecified atom stereocenters. The van der Waals surface area contributed by atoms with Gasteiger partial charge in [0.15, 0.2) is 30.7 Å². The van der Waals surface area contributed by atoms with Crippen molar-refractivity contribution in [1.29, 1.82) is 0 Å². The van der Waals surface area contributed by atoms with Crippen molar-refractivity contribution in [3.63, 3.8) is 0 Å². The monoisotopic (exact) mass is 348 g/mol. The summed E-state index contributed by atoms with van der Waals surface area (Å²) < 4.78 is 30.3. The van der Waals surface area contributed by atoms with Crippen LogP contribution in [0, 0.1) is 0 Å². The van der Waals surface area contributed by atoms with E-state index in [0.717, 1.165) is 27.9 Å². The Morgan fingerprint density at radius 1 is 0.750 bits per heavy atom. The van der Waals surface area contributed by atoms with Crippen LogP contribution in [-0.2, 0) is 47.6 Å². The van der Waals surface area contributed by atoms with Gasteiger partial charge in [0.1, 0.15) is 0 Å². The fraction of sp³-hybridized carbons (Fsp3) is 0.714. The molecular formula is C14H20O10. The maximum Gasteiger partial charge on any atom is 0.339 e. The first kappa shape index (κ1) is 19.8. The Morgan fingerprint density at radius 3 is 1.62 bits per heavy atom. The number of carbonyl (C=O) groups excluding carboxylic acids is 4. The van der Waals surface area contributed by atoms with Crippen LogP contribution in [0.4, 0.5) is 0 Å². The zero-order valence-corrected chi connectivity index (χ0v) is 14.0. The van der Waals surface area contributed by atoms with E-state index in [2.05, 4.69) is 4.74 Å². The first-order chi connectivity index (χ1) is 11.2. The fourth-order valence-corrected chi connectivity index (χ4v) is 2.27. The van der Waals surface area contributed by atoms with Crippen LogP contribution in [0.15, 0.2) is 0 Å². The van der Waals surface area contributed by atoms with Crippen molar-refractivity contribution < 1.29 is 47.6 Å². The highest BCUT2D eigenvalue weighted by Crippen LogP contribution is 2.29. The van der Waals surface area contributed by atoms with Crippen LogP contribution in [-0.4, -0.2) is 68.8 Å². The predicted molar refractivity (Wildman–Crippen MR) is 74.3 cm³/mol. The van der Waals surface area contributed by atoms with E-state index in [1.807, 2.05) is 0 Å². The largest absolute Gasteiger partial charge is 0.467 e. The van der Waals surface area contributed by atoms with E-state index in [-0.39, 0.29) is 0 Å². The van der Waals surface area contributed by atoms with Crippen molar-refractivity contribution >= 4 is 23.9 Å². The highest BCUT2D eigenvalue weighted by molar-refractivity contribution is 5.77. The summed E-state index contributed by atoms with van der Waals surface area (Å²) >= 11 is 0. The van der Waals surface area contributed by atoms with Crippen LogP contribution in [0.25, 0.3) is 0 Å². The Labute approximate surface area is 138 Å². The van der Waals surface area contributed by atoms with Gasteiger partial charge in [-0.1, -0.05) is 0 Å². The topological polar surface area (TPSA) is 124 Å². The van der Waals surface area contributed by atoms with Gasteiger partial charge in [-0.05, 0) is 0 Å². The van der Waals surface area contributed by atoms with Gasteiger partial charge in [-0.25, -0.2) is 4.79 Å². The van der Waals surface area contributed by atoms with Gasteiger partial charge in [0, 0.05) is 27.9 Å². The van der Waals surface area contributed by atoms with Crippen LogP contribution >= 0.6 is 0 Å². The number of esters is 4. The Hall–Kier alpha value is -2.20. The Kier molecular flexibility index (Phi) is 7.11. The summed E-state index contributed by atoms with van der Waals surface area (Å²) in [7, 11) is 2.35. The molecule has 1 rings (SSSR count). The molecule has 1 heterocycles. The van der Waals surface area contributed by atoms with E-state index in [1.165, 1.54) is 7.11 Å². The minimum absolute atomic E-state index is 0.708. The molecule has 24 heavy (non-hydrogen) atoms. The summed E-state index contributed by atoms with van der Waals surface area (Å²) in [4.78, 5) is 46.1. The highest BCUT2D eigenvalue weighted by atomic mass is 16.7. The second-order valence-electron chi connectivity index (χ2n) is 4.91. The lowest BCUT2D eigenvalue weighted by atomic mass is 9.97. The van der Waals surface area contributed by atoms with Crippen molar-refractivity contribution in [3.8, 4) is 0 Å². The smallest absolute Gasteiger partial charge is 0.339 e. The molecule has 0 amide bonds. The van der Waals surface area contributed by atoms with Gasteiger partial charge in [-0.2, -0.15) is 0 Å². The van der Waals surface area contributed by atoms with Crippen LogP contribution in [0.5, 0.6) is 0 Å². The molecule has 0 saturated carbocycles. The number of ether oxygens (including phenoxy) is 6. The first-order valence-electron chi connectivity index (χ1n) is 6.99. The lowest BCUT2D eigenvalue weighted by Crippen LogP contribution is -2.63. The van der Waals surface area contributed by atoms with E-state index in [4.69, 9.17) is 23.7 Å². The summed E-state index contributed by atoms with van der Waals surface area (Å²) in [5.74, 6) is -3.08. The second kappa shape index (κ2) is 8.60. The number of hydrogen-bond donors (Lipinski definition) is 0. The number of methoxy groups -OCH3 is 2. The lowest BCUT2D eigenvalue weighted by molar-refractivity contribution is -0.296. The van der Waals surface area contributed by atoms with Crippen LogP contribution in [0.2, 0.25) is 0 Å². The molecular weight excluding hydrogens is 328 g/mol. The molecule has 0 aromatic heterocycles. The molecule has 0 spiro atoms. The van der Waals surface area contributed by atoms with E-state index < -0.39 is 54.6 Å². The van der Waals surface area contributed by atoms with E-state index >= 15 is 0 Å². The summed E-state index contributed by atoms with van der Waals surface area (Å²) in [5, 5.41) is 0. The average molecular weight is 348 g/mol. The summed E-state index contributed by atoms with van der Waals surface area (Å²) in [6, 6.07) is 0. The molecule has 0 aliphatic carbocycles. The SMILES string of the molecule is COC(=O)C1OC(OC)C(OC(C)=O)C(OC(C)=O)C1OC(C)=O. The van der Waals surface area contributed by atoms with Crippen molar-refractivity contribution in [2.24, 2.45) is 0 Å². The van der Waals surface area contributed by atoms with Gasteiger partial charge in [0.25, 0.3) is 0 Å². The van der Waals surface area contributed by atoms with E-state index in [1.54, 1.807) is 0 Å². The van der Waals surface area contributed by atoms with Crippen LogP contribution < -0.4 is 0 Å². The maximum atomic E-state index is 11.9. The Balaban J connectivity index is 3.28. The third-order valence-electron chi connectivity index (χ3n) is 3.07. The zero-order valence-electron chi connectivity index (χ0n) is 14.0. The first-order valence-corrected chi connectivity index (χ1v) is 6.99. The second-order valence-corrected chi connectivity index (χ2v) is 4.91. The molecule has 1 aliphatic rings. The van der Waals surface area contributed by atoms with Crippen molar-refractivity contribution in [2.45, 2.75) is 51.5 Å². The van der Waals surface area contributed by atoms with E-state index in [9.17, 15) is 19.2 Å². The minimum Gasteiger partial charge on any atom is -0.467 e. The fourth-order valence-electron chi connectivity index (χ4n) is 2.27. The molecule has 1 saturated heterocycles. The quantitative estimate of drug-likeness (QED) is 0.466. The normalized spacial score (nSPS) is 29.3. The van der Waals surface area contributed by atoms with Crippen molar-refractivity contribution in [2.75, 3.05) is 14.2 Å². The van der Waals surface area contributed by atoms with Gasteiger partial charge in [-0.3, -0.25) is 14.4 Å². The zero-order chi connectivity index (χ0) is 18.4. The number of carbonyl (C=O) groups is 4. The molecule has 1 aliphatic heterocycles. The number of rotatable bonds is 5. The number of hydrogen-bond acceptors (Lipinski definition) is 10. The third-order valence-corrected chi connectivity index (χ3v) is 3.07. The average Bonchev–Trinajstić information content (AvgIpc) is 2.48. The van der Waals surface area contributed by atoms with Crippen molar-refractivity contribution in [1.82, 2.24) is 0 Å². The summed E-state index contributed by atoms with van der Waals surface area (Å²) in [6.45, 7) is 3.34. The van der Waals surface area contributed by atoms with Crippen LogP contribution in [0.3, 0.4) is 0 Å². The third kappa shape index (κ3) is 4.90. The lowest BCUT2D eigenvalue weighted by Gasteiger charge is -2.42. The molecule has 0 aromatic carbocycles. The Bertz CT molecular complexity index is 502. The molecule has 5 atom stereocenters. The summed E-state index contributed by atoms with van der Waals surface area (Å²) in [6.07, 6.45) is -6.62. The molecule has 1 fully saturated rings. The maximum absolute atomic E-state index is 11.9. The standard InChI is InChI=1S/C14H20O10/c1-6(15)21-9-10(22-7(2)16)12(23-8(3)17)14(20-5)24-11(9)13(18)19-4/h9-12,14H,1-5H3. The summed E-state index contributed by atoms with van der Waals surface area (Å²) in [5.41, 5.74) is 0. The van der Waals surface area contributed by atoms with Gasteiger partial charge in [0.05, 0.1) is 7.11 Å². The van der Waals surface area contributed by atoms with Crippen LogP contribution in [0.1, 0.15) is 20.8 Å². The molecule has 136 valence electrons. The van der Waals surface area contributed by atoms with Gasteiger partial charge in [0.2, 0.25) is 0 Å². The van der Waals surface area contributed by atoms with E-state index in [0.29, 0.717) is 0 Å². The molecule has 10 nitrogen and oxygen atoms in total. The predicted octanol–water partition coefficient (Wildman–Crippen LogP) is -0.674. The van der Waals surface area contributed by atoms with Gasteiger partial charge >= 0.3 is 23.9 Å². The molecule has 0 radical (unpaired) electrons.